The molecule has 1 aromatic heterocycles. The molecule has 0 aliphatic carbocycles. The summed E-state index contributed by atoms with van der Waals surface area (Å²) >= 11 is 3.31. The normalized spacial score (nSPS) is 22.3. The zero-order chi connectivity index (χ0) is 9.26. The quantitative estimate of drug-likeness (QED) is 0.755. The summed E-state index contributed by atoms with van der Waals surface area (Å²) in [5.41, 5.74) is 0. The second-order valence-corrected chi connectivity index (χ2v) is 4.08. The fraction of sp³-hybridized carbons (Fsp3) is 0.444. The first-order chi connectivity index (χ1) is 6.25. The van der Waals surface area contributed by atoms with Crippen LogP contribution in [0.1, 0.15) is 6.42 Å². The molecule has 1 atom stereocenters. The smallest absolute Gasteiger partial charge is 0.128 e. The predicted molar refractivity (Wildman–Crippen MR) is 53.7 cm³/mol. The molecule has 0 aromatic carbocycles. The average molecular weight is 245 g/mol. The van der Waals surface area contributed by atoms with E-state index < -0.39 is 6.17 Å². The average Bonchev–Trinajstić information content (AvgIpc) is 2.53. The van der Waals surface area contributed by atoms with Crippen LogP contribution in [0.5, 0.6) is 0 Å². The largest absolute Gasteiger partial charge is 0.354 e. The number of rotatable bonds is 1. The molecule has 2 nitrogen and oxygen atoms in total. The number of hydrogen-bond donors (Lipinski definition) is 0. The Balaban J connectivity index is 2.13. The summed E-state index contributed by atoms with van der Waals surface area (Å²) in [6.07, 6.45) is 1.67. The van der Waals surface area contributed by atoms with Crippen molar-refractivity contribution in [3.8, 4) is 0 Å². The van der Waals surface area contributed by atoms with Crippen molar-refractivity contribution < 1.29 is 4.39 Å². The fourth-order valence-corrected chi connectivity index (χ4v) is 1.72. The second kappa shape index (κ2) is 3.62. The summed E-state index contributed by atoms with van der Waals surface area (Å²) in [7, 11) is 0. The van der Waals surface area contributed by atoms with Crippen LogP contribution in [0.25, 0.3) is 0 Å². The monoisotopic (exact) mass is 244 g/mol. The number of halogens is 2. The van der Waals surface area contributed by atoms with Gasteiger partial charge in [-0.1, -0.05) is 0 Å². The lowest BCUT2D eigenvalue weighted by atomic mass is 10.3. The van der Waals surface area contributed by atoms with Crippen molar-refractivity contribution in [2.24, 2.45) is 0 Å². The minimum atomic E-state index is -0.689. The summed E-state index contributed by atoms with van der Waals surface area (Å²) < 4.78 is 13.8. The van der Waals surface area contributed by atoms with E-state index in [1.807, 2.05) is 17.0 Å². The lowest BCUT2D eigenvalue weighted by Crippen LogP contribution is -2.20. The number of nitrogens with zero attached hydrogens (tertiary/aromatic N) is 2. The lowest BCUT2D eigenvalue weighted by molar-refractivity contribution is 0.364. The highest BCUT2D eigenvalue weighted by Gasteiger charge is 2.22. The van der Waals surface area contributed by atoms with Gasteiger partial charge in [0.15, 0.2) is 0 Å². The first kappa shape index (κ1) is 8.94. The van der Waals surface area contributed by atoms with Crippen LogP contribution in [0.2, 0.25) is 0 Å². The molecule has 70 valence electrons. The van der Waals surface area contributed by atoms with Gasteiger partial charge >= 0.3 is 0 Å². The van der Waals surface area contributed by atoms with E-state index in [9.17, 15) is 4.39 Å². The minimum absolute atomic E-state index is 0.481. The highest BCUT2D eigenvalue weighted by molar-refractivity contribution is 9.10. The van der Waals surface area contributed by atoms with Crippen LogP contribution in [-0.2, 0) is 0 Å². The number of aromatic nitrogens is 1. The van der Waals surface area contributed by atoms with Gasteiger partial charge in [-0.25, -0.2) is 9.37 Å². The predicted octanol–water partition coefficient (Wildman–Crippen LogP) is 2.39. The zero-order valence-corrected chi connectivity index (χ0v) is 8.67. The molecular weight excluding hydrogens is 235 g/mol. The second-order valence-electron chi connectivity index (χ2n) is 3.17. The first-order valence-electron chi connectivity index (χ1n) is 4.26. The molecule has 2 heterocycles. The third kappa shape index (κ3) is 1.99. The van der Waals surface area contributed by atoms with Gasteiger partial charge in [-0.15, -0.1) is 0 Å². The molecule has 0 bridgehead atoms. The maximum Gasteiger partial charge on any atom is 0.128 e. The maximum absolute atomic E-state index is 12.9. The maximum atomic E-state index is 12.9. The molecule has 13 heavy (non-hydrogen) atoms. The van der Waals surface area contributed by atoms with Gasteiger partial charge in [0.1, 0.15) is 12.0 Å². The van der Waals surface area contributed by atoms with Crippen LogP contribution in [0.4, 0.5) is 10.2 Å². The molecule has 1 fully saturated rings. The van der Waals surface area contributed by atoms with Crippen LogP contribution >= 0.6 is 15.9 Å². The van der Waals surface area contributed by atoms with E-state index in [-0.39, 0.29) is 0 Å². The standard InChI is InChI=1S/C9H10BrFN2/c10-7-1-2-9(12-5-7)13-4-3-8(11)6-13/h1-2,5,8H,3-4,6H2/t8-/m0/s1. The van der Waals surface area contributed by atoms with E-state index in [2.05, 4.69) is 20.9 Å². The molecule has 1 saturated heterocycles. The van der Waals surface area contributed by atoms with E-state index in [1.165, 1.54) is 0 Å². The summed E-state index contributed by atoms with van der Waals surface area (Å²) in [6, 6.07) is 3.83. The van der Waals surface area contributed by atoms with Gasteiger partial charge in [0.2, 0.25) is 0 Å². The fourth-order valence-electron chi connectivity index (χ4n) is 1.48. The van der Waals surface area contributed by atoms with Crippen LogP contribution in [0.15, 0.2) is 22.8 Å². The molecule has 2 rings (SSSR count). The van der Waals surface area contributed by atoms with Gasteiger partial charge in [-0.2, -0.15) is 0 Å². The molecule has 0 amide bonds. The molecule has 0 saturated carbocycles. The SMILES string of the molecule is F[C@H]1CCN(c2ccc(Br)cn2)C1. The Morgan fingerprint density at radius 2 is 2.38 bits per heavy atom. The van der Waals surface area contributed by atoms with Crippen molar-refractivity contribution in [2.75, 3.05) is 18.0 Å². The molecule has 0 N–H and O–H groups in total. The van der Waals surface area contributed by atoms with Crippen LogP contribution in [0.3, 0.4) is 0 Å². The Morgan fingerprint density at radius 1 is 1.54 bits per heavy atom. The van der Waals surface area contributed by atoms with Gasteiger partial charge < -0.3 is 4.90 Å². The Bertz CT molecular complexity index is 288. The van der Waals surface area contributed by atoms with E-state index in [1.54, 1.807) is 6.20 Å². The molecule has 0 radical (unpaired) electrons. The molecule has 0 spiro atoms. The highest BCUT2D eigenvalue weighted by Crippen LogP contribution is 2.20. The molecule has 4 heteroatoms. The number of anilines is 1. The van der Waals surface area contributed by atoms with Crippen molar-refractivity contribution in [2.45, 2.75) is 12.6 Å². The van der Waals surface area contributed by atoms with Crippen molar-refractivity contribution in [3.63, 3.8) is 0 Å². The molecule has 1 aliphatic rings. The third-order valence-corrected chi connectivity index (χ3v) is 2.64. The topological polar surface area (TPSA) is 16.1 Å². The number of alkyl halides is 1. The number of pyridine rings is 1. The number of hydrogen-bond acceptors (Lipinski definition) is 2. The zero-order valence-electron chi connectivity index (χ0n) is 7.08. The van der Waals surface area contributed by atoms with Gasteiger partial charge in [0, 0.05) is 17.2 Å². The van der Waals surface area contributed by atoms with E-state index in [0.29, 0.717) is 13.0 Å². The summed E-state index contributed by atoms with van der Waals surface area (Å²) in [4.78, 5) is 6.18. The summed E-state index contributed by atoms with van der Waals surface area (Å²) in [5.74, 6) is 0.864. The van der Waals surface area contributed by atoms with Crippen LogP contribution in [0, 0.1) is 0 Å². The van der Waals surface area contributed by atoms with E-state index in [4.69, 9.17) is 0 Å². The first-order valence-corrected chi connectivity index (χ1v) is 5.05. The van der Waals surface area contributed by atoms with Crippen molar-refractivity contribution in [1.29, 1.82) is 0 Å². The third-order valence-electron chi connectivity index (χ3n) is 2.17. The van der Waals surface area contributed by atoms with Crippen molar-refractivity contribution >= 4 is 21.7 Å². The molecule has 0 unspecified atom stereocenters. The molecular formula is C9H10BrFN2. The van der Waals surface area contributed by atoms with Crippen molar-refractivity contribution in [1.82, 2.24) is 4.98 Å². The molecule has 1 aliphatic heterocycles. The van der Waals surface area contributed by atoms with Gasteiger partial charge in [0.05, 0.1) is 6.54 Å². The Labute approximate surface area is 84.9 Å². The summed E-state index contributed by atoms with van der Waals surface area (Å²) in [6.45, 7) is 1.25. The van der Waals surface area contributed by atoms with Crippen LogP contribution < -0.4 is 4.90 Å². The van der Waals surface area contributed by atoms with Gasteiger partial charge in [-0.05, 0) is 34.5 Å². The van der Waals surface area contributed by atoms with Gasteiger partial charge in [-0.3, -0.25) is 0 Å². The lowest BCUT2D eigenvalue weighted by Gasteiger charge is -2.15. The summed E-state index contributed by atoms with van der Waals surface area (Å²) in [5, 5.41) is 0. The Hall–Kier alpha value is -0.640. The van der Waals surface area contributed by atoms with E-state index >= 15 is 0 Å². The Kier molecular flexibility index (Phi) is 2.49. The molecule has 1 aromatic rings. The van der Waals surface area contributed by atoms with Crippen molar-refractivity contribution in [3.05, 3.63) is 22.8 Å². The van der Waals surface area contributed by atoms with Crippen LogP contribution in [-0.4, -0.2) is 24.2 Å². The Morgan fingerprint density at radius 3 is 2.92 bits per heavy atom. The minimum Gasteiger partial charge on any atom is -0.354 e. The van der Waals surface area contributed by atoms with Gasteiger partial charge in [0.25, 0.3) is 0 Å². The highest BCUT2D eigenvalue weighted by atomic mass is 79.9. The van der Waals surface area contributed by atoms with E-state index in [0.717, 1.165) is 16.8 Å².